The van der Waals surface area contributed by atoms with Gasteiger partial charge in [-0.25, -0.2) is 9.97 Å². The second-order valence-electron chi connectivity index (χ2n) is 3.80. The normalized spacial score (nSPS) is 10.9. The molecule has 0 saturated heterocycles. The molecular formula is C11H14N4. The van der Waals surface area contributed by atoms with Crippen molar-refractivity contribution in [2.24, 2.45) is 0 Å². The van der Waals surface area contributed by atoms with Crippen molar-refractivity contribution < 1.29 is 0 Å². The van der Waals surface area contributed by atoms with Crippen LogP contribution < -0.4 is 0 Å². The zero-order valence-electron chi connectivity index (χ0n) is 9.18. The minimum absolute atomic E-state index is 0.374. The molecular weight excluding hydrogens is 188 g/mol. The molecule has 4 heteroatoms. The molecule has 0 radical (unpaired) electrons. The fourth-order valence-corrected chi connectivity index (χ4v) is 1.45. The molecule has 0 atom stereocenters. The summed E-state index contributed by atoms with van der Waals surface area (Å²) in [6, 6.07) is 2.27. The quantitative estimate of drug-likeness (QED) is 0.750. The first-order valence-electron chi connectivity index (χ1n) is 5.00. The highest BCUT2D eigenvalue weighted by Crippen LogP contribution is 2.20. The van der Waals surface area contributed by atoms with Gasteiger partial charge in [-0.15, -0.1) is 0 Å². The molecule has 0 aliphatic carbocycles. The van der Waals surface area contributed by atoms with E-state index in [4.69, 9.17) is 0 Å². The van der Waals surface area contributed by atoms with E-state index in [1.54, 1.807) is 12.5 Å². The highest BCUT2D eigenvalue weighted by molar-refractivity contribution is 5.60. The lowest BCUT2D eigenvalue weighted by atomic mass is 10.2. The largest absolute Gasteiger partial charge is 0.269 e. The van der Waals surface area contributed by atoms with Gasteiger partial charge < -0.3 is 0 Å². The SMILES string of the molecule is Cc1nn(C(C)C)cc1-c1ccncn1. The van der Waals surface area contributed by atoms with Gasteiger partial charge in [0.1, 0.15) is 6.33 Å². The third-order valence-corrected chi connectivity index (χ3v) is 2.30. The molecule has 15 heavy (non-hydrogen) atoms. The van der Waals surface area contributed by atoms with E-state index >= 15 is 0 Å². The Balaban J connectivity index is 2.45. The van der Waals surface area contributed by atoms with Crippen LogP contribution in [0.3, 0.4) is 0 Å². The molecule has 0 aromatic carbocycles. The summed E-state index contributed by atoms with van der Waals surface area (Å²) in [7, 11) is 0. The maximum absolute atomic E-state index is 4.44. The minimum atomic E-state index is 0.374. The first-order chi connectivity index (χ1) is 7.18. The Morgan fingerprint density at radius 1 is 1.33 bits per heavy atom. The van der Waals surface area contributed by atoms with Crippen LogP contribution in [0.4, 0.5) is 0 Å². The van der Waals surface area contributed by atoms with E-state index in [-0.39, 0.29) is 0 Å². The van der Waals surface area contributed by atoms with Gasteiger partial charge in [-0.2, -0.15) is 5.10 Å². The van der Waals surface area contributed by atoms with Crippen LogP contribution in [0.2, 0.25) is 0 Å². The maximum Gasteiger partial charge on any atom is 0.116 e. The summed E-state index contributed by atoms with van der Waals surface area (Å²) in [5, 5.41) is 4.44. The van der Waals surface area contributed by atoms with E-state index in [9.17, 15) is 0 Å². The van der Waals surface area contributed by atoms with Crippen LogP contribution in [0.15, 0.2) is 24.8 Å². The molecule has 78 valence electrons. The molecule has 2 rings (SSSR count). The standard InChI is InChI=1S/C11H14N4/c1-8(2)15-6-10(9(3)14-15)11-4-5-12-7-13-11/h4-8H,1-3H3. The predicted octanol–water partition coefficient (Wildman–Crippen LogP) is 2.23. The van der Waals surface area contributed by atoms with Gasteiger partial charge in [0.25, 0.3) is 0 Å². The summed E-state index contributed by atoms with van der Waals surface area (Å²) in [6.45, 7) is 6.21. The van der Waals surface area contributed by atoms with Crippen LogP contribution in [0.1, 0.15) is 25.6 Å². The Kier molecular flexibility index (Phi) is 2.49. The van der Waals surface area contributed by atoms with E-state index in [0.29, 0.717) is 6.04 Å². The second kappa shape index (κ2) is 3.81. The molecule has 0 bridgehead atoms. The molecule has 4 nitrogen and oxygen atoms in total. The molecule has 0 amide bonds. The molecule has 2 aromatic rings. The lowest BCUT2D eigenvalue weighted by molar-refractivity contribution is 0.529. The molecule has 2 heterocycles. The van der Waals surface area contributed by atoms with Gasteiger partial charge >= 0.3 is 0 Å². The van der Waals surface area contributed by atoms with Gasteiger partial charge in [-0.3, -0.25) is 4.68 Å². The molecule has 0 spiro atoms. The molecule has 0 fully saturated rings. The van der Waals surface area contributed by atoms with E-state index in [0.717, 1.165) is 17.0 Å². The van der Waals surface area contributed by atoms with Crippen molar-refractivity contribution in [3.05, 3.63) is 30.5 Å². The Hall–Kier alpha value is -1.71. The van der Waals surface area contributed by atoms with Crippen molar-refractivity contribution in [3.8, 4) is 11.3 Å². The first-order valence-corrected chi connectivity index (χ1v) is 5.00. The summed E-state index contributed by atoms with van der Waals surface area (Å²) in [4.78, 5) is 8.12. The van der Waals surface area contributed by atoms with Crippen LogP contribution >= 0.6 is 0 Å². The predicted molar refractivity (Wildman–Crippen MR) is 58.4 cm³/mol. The fraction of sp³-hybridized carbons (Fsp3) is 0.364. The molecule has 0 N–H and O–H groups in total. The number of aromatic nitrogens is 4. The summed E-state index contributed by atoms with van der Waals surface area (Å²) in [6.07, 6.45) is 5.33. The number of nitrogens with zero attached hydrogens (tertiary/aromatic N) is 4. The molecule has 0 saturated carbocycles. The van der Waals surface area contributed by atoms with Crippen molar-refractivity contribution in [2.45, 2.75) is 26.8 Å². The van der Waals surface area contributed by atoms with Crippen molar-refractivity contribution in [3.63, 3.8) is 0 Å². The van der Waals surface area contributed by atoms with Gasteiger partial charge in [-0.05, 0) is 26.8 Å². The lowest BCUT2D eigenvalue weighted by Gasteiger charge is -2.02. The Labute approximate surface area is 89.0 Å². The Bertz CT molecular complexity index is 445. The molecule has 2 aromatic heterocycles. The van der Waals surface area contributed by atoms with Gasteiger partial charge in [-0.1, -0.05) is 0 Å². The van der Waals surface area contributed by atoms with Gasteiger partial charge in [0.2, 0.25) is 0 Å². The van der Waals surface area contributed by atoms with Crippen LogP contribution in [-0.2, 0) is 0 Å². The van der Waals surface area contributed by atoms with Gasteiger partial charge in [0, 0.05) is 24.0 Å². The van der Waals surface area contributed by atoms with Gasteiger partial charge in [0.05, 0.1) is 11.4 Å². The molecule has 0 aliphatic rings. The van der Waals surface area contributed by atoms with E-state index in [2.05, 4.69) is 28.9 Å². The van der Waals surface area contributed by atoms with Crippen molar-refractivity contribution in [2.75, 3.05) is 0 Å². The average Bonchev–Trinajstić information content (AvgIpc) is 2.62. The smallest absolute Gasteiger partial charge is 0.116 e. The highest BCUT2D eigenvalue weighted by atomic mass is 15.3. The van der Waals surface area contributed by atoms with Crippen LogP contribution in [0.5, 0.6) is 0 Å². The first kappa shape index (κ1) is 9.83. The summed E-state index contributed by atoms with van der Waals surface area (Å²) >= 11 is 0. The summed E-state index contributed by atoms with van der Waals surface area (Å²) in [5.74, 6) is 0. The fourth-order valence-electron chi connectivity index (χ4n) is 1.45. The monoisotopic (exact) mass is 202 g/mol. The average molecular weight is 202 g/mol. The van der Waals surface area contributed by atoms with E-state index in [1.807, 2.05) is 23.9 Å². The Morgan fingerprint density at radius 3 is 2.67 bits per heavy atom. The van der Waals surface area contributed by atoms with Gasteiger partial charge in [0.15, 0.2) is 0 Å². The number of aryl methyl sites for hydroxylation is 1. The number of rotatable bonds is 2. The number of hydrogen-bond donors (Lipinski definition) is 0. The third-order valence-electron chi connectivity index (χ3n) is 2.30. The third kappa shape index (κ3) is 1.88. The minimum Gasteiger partial charge on any atom is -0.269 e. The molecule has 0 unspecified atom stereocenters. The van der Waals surface area contributed by atoms with E-state index < -0.39 is 0 Å². The van der Waals surface area contributed by atoms with Crippen molar-refractivity contribution in [1.29, 1.82) is 0 Å². The zero-order valence-corrected chi connectivity index (χ0v) is 9.18. The highest BCUT2D eigenvalue weighted by Gasteiger charge is 2.09. The second-order valence-corrected chi connectivity index (χ2v) is 3.80. The van der Waals surface area contributed by atoms with Crippen LogP contribution in [-0.4, -0.2) is 19.7 Å². The molecule has 0 aliphatic heterocycles. The van der Waals surface area contributed by atoms with Crippen LogP contribution in [0.25, 0.3) is 11.3 Å². The Morgan fingerprint density at radius 2 is 2.13 bits per heavy atom. The summed E-state index contributed by atoms with van der Waals surface area (Å²) < 4.78 is 1.95. The van der Waals surface area contributed by atoms with Crippen molar-refractivity contribution >= 4 is 0 Å². The zero-order chi connectivity index (χ0) is 10.8. The topological polar surface area (TPSA) is 43.6 Å². The number of hydrogen-bond acceptors (Lipinski definition) is 3. The van der Waals surface area contributed by atoms with Crippen molar-refractivity contribution in [1.82, 2.24) is 19.7 Å². The van der Waals surface area contributed by atoms with Crippen LogP contribution in [0, 0.1) is 6.92 Å². The maximum atomic E-state index is 4.44. The lowest BCUT2D eigenvalue weighted by Crippen LogP contribution is -2.00. The van der Waals surface area contributed by atoms with E-state index in [1.165, 1.54) is 0 Å². The summed E-state index contributed by atoms with van der Waals surface area (Å²) in [5.41, 5.74) is 3.00.